The average Bonchev–Trinajstić information content (AvgIpc) is 2.51. The predicted molar refractivity (Wildman–Crippen MR) is 86.1 cm³/mol. The van der Waals surface area contributed by atoms with Crippen LogP contribution >= 0.6 is 11.8 Å². The topological polar surface area (TPSA) is 119 Å². The first kappa shape index (κ1) is 19.5. The third-order valence-corrected chi connectivity index (χ3v) is 3.44. The van der Waals surface area contributed by atoms with Gasteiger partial charge in [0.15, 0.2) is 0 Å². The maximum absolute atomic E-state index is 11.8. The number of hydrogen-bond donors (Lipinski definition) is 2. The Morgan fingerprint density at radius 2 is 1.92 bits per heavy atom. The number of carboxylic acids is 1. The lowest BCUT2D eigenvalue weighted by atomic mass is 10.2. The normalized spacial score (nSPS) is 11.2. The van der Waals surface area contributed by atoms with Gasteiger partial charge in [0.1, 0.15) is 17.4 Å². The van der Waals surface area contributed by atoms with Crippen molar-refractivity contribution in [3.05, 3.63) is 29.8 Å². The van der Waals surface area contributed by atoms with Gasteiger partial charge in [-0.15, -0.1) is 0 Å². The van der Waals surface area contributed by atoms with E-state index in [-0.39, 0.29) is 23.7 Å². The second-order valence-electron chi connectivity index (χ2n) is 4.47. The molecular formula is C15H17NO7S. The first-order valence-electron chi connectivity index (χ1n) is 6.95. The molecule has 1 rings (SSSR count). The number of carbonyl (C=O) groups excluding carboxylic acids is 3. The van der Waals surface area contributed by atoms with E-state index in [1.807, 2.05) is 0 Å². The van der Waals surface area contributed by atoms with Crippen LogP contribution in [-0.4, -0.2) is 46.7 Å². The van der Waals surface area contributed by atoms with E-state index in [0.29, 0.717) is 11.8 Å². The second-order valence-corrected chi connectivity index (χ2v) is 5.43. The molecule has 9 heteroatoms. The van der Waals surface area contributed by atoms with Gasteiger partial charge in [0, 0.05) is 12.7 Å². The van der Waals surface area contributed by atoms with E-state index < -0.39 is 29.2 Å². The van der Waals surface area contributed by atoms with Gasteiger partial charge in [-0.05, 0) is 30.8 Å². The minimum atomic E-state index is -1.27. The van der Waals surface area contributed by atoms with E-state index in [1.165, 1.54) is 19.1 Å². The Kier molecular flexibility index (Phi) is 7.76. The molecule has 0 heterocycles. The Morgan fingerprint density at radius 1 is 1.25 bits per heavy atom. The molecular weight excluding hydrogens is 338 g/mol. The monoisotopic (exact) mass is 355 g/mol. The van der Waals surface area contributed by atoms with Crippen LogP contribution in [0.5, 0.6) is 5.75 Å². The molecule has 1 aromatic carbocycles. The van der Waals surface area contributed by atoms with Crippen LogP contribution in [-0.2, 0) is 14.3 Å². The van der Waals surface area contributed by atoms with Crippen LogP contribution in [0.25, 0.3) is 0 Å². The molecule has 8 nitrogen and oxygen atoms in total. The van der Waals surface area contributed by atoms with Crippen LogP contribution in [0.3, 0.4) is 0 Å². The molecule has 1 aromatic rings. The number of nitrogens with one attached hydrogen (secondary N) is 1. The van der Waals surface area contributed by atoms with Crippen molar-refractivity contribution < 1.29 is 33.8 Å². The van der Waals surface area contributed by atoms with E-state index in [9.17, 15) is 19.2 Å². The SMILES string of the molecule is CCOC(=O)c1ccccc1OC(=O)SCC(NC(C)=O)C(=O)O. The van der Waals surface area contributed by atoms with Gasteiger partial charge in [-0.2, -0.15) is 0 Å². The summed E-state index contributed by atoms with van der Waals surface area (Å²) < 4.78 is 9.93. The summed E-state index contributed by atoms with van der Waals surface area (Å²) in [6.45, 7) is 3.00. The third-order valence-electron chi connectivity index (χ3n) is 2.62. The molecule has 0 aromatic heterocycles. The highest BCUT2D eigenvalue weighted by molar-refractivity contribution is 8.13. The van der Waals surface area contributed by atoms with Gasteiger partial charge in [0.25, 0.3) is 0 Å². The van der Waals surface area contributed by atoms with E-state index in [0.717, 1.165) is 0 Å². The molecule has 0 saturated carbocycles. The Morgan fingerprint density at radius 3 is 2.50 bits per heavy atom. The second kappa shape index (κ2) is 9.56. The van der Waals surface area contributed by atoms with E-state index >= 15 is 0 Å². The molecule has 0 fully saturated rings. The van der Waals surface area contributed by atoms with Gasteiger partial charge in [-0.25, -0.2) is 14.4 Å². The van der Waals surface area contributed by atoms with Crippen molar-refractivity contribution in [1.82, 2.24) is 5.32 Å². The summed E-state index contributed by atoms with van der Waals surface area (Å²) in [6.07, 6.45) is 0. The van der Waals surface area contributed by atoms with Gasteiger partial charge >= 0.3 is 17.2 Å². The Hall–Kier alpha value is -2.55. The van der Waals surface area contributed by atoms with E-state index in [2.05, 4.69) is 5.32 Å². The molecule has 24 heavy (non-hydrogen) atoms. The number of esters is 1. The summed E-state index contributed by atoms with van der Waals surface area (Å²) >= 11 is 0.575. The molecule has 0 spiro atoms. The molecule has 0 aliphatic rings. The lowest BCUT2D eigenvalue weighted by Crippen LogP contribution is -2.41. The summed E-state index contributed by atoms with van der Waals surface area (Å²) in [6, 6.07) is 4.82. The highest BCUT2D eigenvalue weighted by Crippen LogP contribution is 2.21. The number of ether oxygens (including phenoxy) is 2. The lowest BCUT2D eigenvalue weighted by Gasteiger charge is -2.12. The zero-order valence-corrected chi connectivity index (χ0v) is 13.9. The van der Waals surface area contributed by atoms with E-state index in [4.69, 9.17) is 14.6 Å². The lowest BCUT2D eigenvalue weighted by molar-refractivity contribution is -0.140. The quantitative estimate of drug-likeness (QED) is 0.709. The minimum Gasteiger partial charge on any atom is -0.480 e. The van der Waals surface area contributed by atoms with E-state index in [1.54, 1.807) is 19.1 Å². The standard InChI is InChI=1S/C15H17NO7S/c1-3-22-14(20)10-6-4-5-7-12(10)23-15(21)24-8-11(13(18)19)16-9(2)17/h4-7,11H,3,8H2,1-2H3,(H,16,17)(H,18,19). The Balaban J connectivity index is 2.70. The van der Waals surface area contributed by atoms with Crippen molar-refractivity contribution in [1.29, 1.82) is 0 Å². The molecule has 130 valence electrons. The van der Waals surface area contributed by atoms with Crippen LogP contribution in [0.4, 0.5) is 4.79 Å². The van der Waals surface area contributed by atoms with Crippen LogP contribution in [0.1, 0.15) is 24.2 Å². The fourth-order valence-electron chi connectivity index (χ4n) is 1.62. The minimum absolute atomic E-state index is 0.0138. The first-order chi connectivity index (χ1) is 11.3. The summed E-state index contributed by atoms with van der Waals surface area (Å²) in [5.41, 5.74) is 0.0879. The predicted octanol–water partition coefficient (Wildman–Crippen LogP) is 1.68. The average molecular weight is 355 g/mol. The molecule has 2 N–H and O–H groups in total. The van der Waals surface area contributed by atoms with Crippen LogP contribution in [0, 0.1) is 0 Å². The van der Waals surface area contributed by atoms with Gasteiger partial charge < -0.3 is 19.9 Å². The maximum atomic E-state index is 11.8. The zero-order valence-electron chi connectivity index (χ0n) is 13.1. The summed E-state index contributed by atoms with van der Waals surface area (Å²) in [4.78, 5) is 45.5. The zero-order chi connectivity index (χ0) is 18.1. The Bertz CT molecular complexity index is 632. The molecule has 0 aliphatic carbocycles. The molecule has 1 atom stereocenters. The van der Waals surface area contributed by atoms with Gasteiger partial charge in [-0.3, -0.25) is 4.79 Å². The Labute approximate surface area is 142 Å². The summed E-state index contributed by atoms with van der Waals surface area (Å²) in [5, 5.41) is 10.4. The van der Waals surface area contributed by atoms with Crippen molar-refractivity contribution in [2.24, 2.45) is 0 Å². The van der Waals surface area contributed by atoms with Crippen LogP contribution in [0.15, 0.2) is 24.3 Å². The molecule has 1 amide bonds. The molecule has 1 unspecified atom stereocenters. The van der Waals surface area contributed by atoms with Crippen molar-refractivity contribution in [2.45, 2.75) is 19.9 Å². The summed E-state index contributed by atoms with van der Waals surface area (Å²) in [7, 11) is 0. The van der Waals surface area contributed by atoms with Crippen LogP contribution < -0.4 is 10.1 Å². The fraction of sp³-hybridized carbons (Fsp3) is 0.333. The van der Waals surface area contributed by atoms with Crippen molar-refractivity contribution in [3.63, 3.8) is 0 Å². The molecule has 0 bridgehead atoms. The van der Waals surface area contributed by atoms with Crippen molar-refractivity contribution in [3.8, 4) is 5.75 Å². The summed E-state index contributed by atoms with van der Waals surface area (Å²) in [5.74, 6) is -2.62. The number of carbonyl (C=O) groups is 4. The number of hydrogen-bond acceptors (Lipinski definition) is 7. The van der Waals surface area contributed by atoms with Gasteiger partial charge in [0.05, 0.1) is 6.61 Å². The smallest absolute Gasteiger partial charge is 0.372 e. The highest BCUT2D eigenvalue weighted by Gasteiger charge is 2.22. The highest BCUT2D eigenvalue weighted by atomic mass is 32.2. The number of aliphatic carboxylic acids is 1. The number of carboxylic acid groups (broad SMARTS) is 1. The number of amides is 1. The van der Waals surface area contributed by atoms with Gasteiger partial charge in [-0.1, -0.05) is 12.1 Å². The number of rotatable bonds is 7. The van der Waals surface area contributed by atoms with Crippen molar-refractivity contribution in [2.75, 3.05) is 12.4 Å². The largest absolute Gasteiger partial charge is 0.480 e. The maximum Gasteiger partial charge on any atom is 0.372 e. The third kappa shape index (κ3) is 6.29. The fourth-order valence-corrected chi connectivity index (χ4v) is 2.30. The number of para-hydroxylation sites is 1. The number of benzene rings is 1. The molecule has 0 saturated heterocycles. The van der Waals surface area contributed by atoms with Crippen LogP contribution in [0.2, 0.25) is 0 Å². The number of thioether (sulfide) groups is 1. The molecule has 0 radical (unpaired) electrons. The first-order valence-corrected chi connectivity index (χ1v) is 7.94. The van der Waals surface area contributed by atoms with Gasteiger partial charge in [0.2, 0.25) is 5.91 Å². The van der Waals surface area contributed by atoms with Crippen molar-refractivity contribution >= 4 is 34.9 Å². The molecule has 0 aliphatic heterocycles.